The number of hydrogen-bond donors (Lipinski definition) is 1. The zero-order chi connectivity index (χ0) is 17.7. The van der Waals surface area contributed by atoms with Crippen LogP contribution in [0.4, 0.5) is 5.82 Å². The lowest BCUT2D eigenvalue weighted by atomic mass is 10.0. The van der Waals surface area contributed by atoms with E-state index in [1.807, 2.05) is 35.1 Å². The second-order valence-electron chi connectivity index (χ2n) is 7.91. The van der Waals surface area contributed by atoms with Gasteiger partial charge in [0.25, 0.3) is 0 Å². The minimum atomic E-state index is 0.120. The molecule has 3 aliphatic rings. The molecule has 7 heteroatoms. The average molecular weight is 352 g/mol. The Kier molecular flexibility index (Phi) is 3.69. The van der Waals surface area contributed by atoms with E-state index in [1.165, 1.54) is 12.8 Å². The molecule has 2 atom stereocenters. The van der Waals surface area contributed by atoms with E-state index >= 15 is 0 Å². The summed E-state index contributed by atoms with van der Waals surface area (Å²) in [6, 6.07) is 2.04. The highest BCUT2D eigenvalue weighted by molar-refractivity contribution is 5.81. The van der Waals surface area contributed by atoms with Crippen molar-refractivity contribution in [2.45, 2.75) is 43.6 Å². The molecule has 3 fully saturated rings. The zero-order valence-electron chi connectivity index (χ0n) is 15.0. The zero-order valence-corrected chi connectivity index (χ0v) is 15.0. The van der Waals surface area contributed by atoms with Crippen LogP contribution in [0.25, 0.3) is 0 Å². The van der Waals surface area contributed by atoms with Gasteiger partial charge in [-0.1, -0.05) is 0 Å². The standard InChI is InChI=1S/C19H24N6O/c1-24-9-15(21-11-24)14-8-25(19(26)13-4-5-13)10-16(14)22-17-6-7-20-18(23-17)12-2-3-12/h6-7,9,11-14,16H,2-5,8,10H2,1H3,(H,20,22,23)/t14-,16+/m0/s1. The maximum atomic E-state index is 12.6. The summed E-state index contributed by atoms with van der Waals surface area (Å²) in [6.45, 7) is 1.43. The number of imidazole rings is 1. The van der Waals surface area contributed by atoms with Crippen LogP contribution in [0.15, 0.2) is 24.8 Å². The molecule has 1 N–H and O–H groups in total. The Labute approximate surface area is 152 Å². The van der Waals surface area contributed by atoms with Crippen LogP contribution in [0.1, 0.15) is 49.0 Å². The molecule has 0 spiro atoms. The maximum absolute atomic E-state index is 12.6. The van der Waals surface area contributed by atoms with Crippen molar-refractivity contribution in [1.82, 2.24) is 24.4 Å². The molecule has 5 rings (SSSR count). The third kappa shape index (κ3) is 3.06. The van der Waals surface area contributed by atoms with Crippen molar-refractivity contribution in [3.8, 4) is 0 Å². The van der Waals surface area contributed by atoms with Crippen molar-refractivity contribution >= 4 is 11.7 Å². The van der Waals surface area contributed by atoms with Crippen LogP contribution >= 0.6 is 0 Å². The number of aryl methyl sites for hydroxylation is 1. The number of nitrogens with one attached hydrogen (secondary N) is 1. The van der Waals surface area contributed by atoms with Crippen molar-refractivity contribution < 1.29 is 4.79 Å². The maximum Gasteiger partial charge on any atom is 0.225 e. The molecule has 0 bridgehead atoms. The SMILES string of the molecule is Cn1cnc([C@@H]2CN(C(=O)C3CC3)C[C@H]2Nc2ccnc(C3CC3)n2)c1. The summed E-state index contributed by atoms with van der Waals surface area (Å²) >= 11 is 0. The largest absolute Gasteiger partial charge is 0.365 e. The molecular weight excluding hydrogens is 328 g/mol. The lowest BCUT2D eigenvalue weighted by Gasteiger charge is -2.19. The molecule has 0 aromatic carbocycles. The van der Waals surface area contributed by atoms with Crippen molar-refractivity contribution in [2.75, 3.05) is 18.4 Å². The van der Waals surface area contributed by atoms with Gasteiger partial charge in [0.2, 0.25) is 5.91 Å². The number of amides is 1. The molecule has 2 aromatic rings. The normalized spacial score (nSPS) is 25.5. The molecule has 2 saturated carbocycles. The van der Waals surface area contributed by atoms with Crippen molar-refractivity contribution in [3.05, 3.63) is 36.3 Å². The van der Waals surface area contributed by atoms with E-state index in [1.54, 1.807) is 0 Å². The van der Waals surface area contributed by atoms with Crippen LogP contribution in [-0.4, -0.2) is 49.5 Å². The number of carbonyl (C=O) groups is 1. The molecule has 1 aliphatic heterocycles. The van der Waals surface area contributed by atoms with Crippen LogP contribution in [0.2, 0.25) is 0 Å². The van der Waals surface area contributed by atoms with E-state index in [4.69, 9.17) is 4.98 Å². The van der Waals surface area contributed by atoms with Crippen molar-refractivity contribution in [3.63, 3.8) is 0 Å². The summed E-state index contributed by atoms with van der Waals surface area (Å²) in [4.78, 5) is 28.2. The Bertz CT molecular complexity index is 825. The van der Waals surface area contributed by atoms with E-state index < -0.39 is 0 Å². The minimum absolute atomic E-state index is 0.120. The molecular formula is C19H24N6O. The number of nitrogens with zero attached hydrogens (tertiary/aromatic N) is 5. The molecule has 0 unspecified atom stereocenters. The number of anilines is 1. The van der Waals surface area contributed by atoms with Crippen LogP contribution in [-0.2, 0) is 11.8 Å². The Morgan fingerprint density at radius 3 is 2.73 bits per heavy atom. The lowest BCUT2D eigenvalue weighted by Crippen LogP contribution is -2.32. The van der Waals surface area contributed by atoms with Crippen molar-refractivity contribution in [2.24, 2.45) is 13.0 Å². The van der Waals surface area contributed by atoms with Crippen LogP contribution in [0, 0.1) is 5.92 Å². The van der Waals surface area contributed by atoms with Gasteiger partial charge < -0.3 is 14.8 Å². The van der Waals surface area contributed by atoms with Gasteiger partial charge in [0, 0.05) is 50.3 Å². The Balaban J connectivity index is 1.38. The average Bonchev–Trinajstić information content (AvgIpc) is 3.56. The summed E-state index contributed by atoms with van der Waals surface area (Å²) in [7, 11) is 1.98. The molecule has 1 amide bonds. The van der Waals surface area contributed by atoms with Gasteiger partial charge in [-0.3, -0.25) is 4.79 Å². The van der Waals surface area contributed by atoms with Gasteiger partial charge in [-0.25, -0.2) is 15.0 Å². The fraction of sp³-hybridized carbons (Fsp3) is 0.579. The Hall–Kier alpha value is -2.44. The van der Waals surface area contributed by atoms with Crippen molar-refractivity contribution in [1.29, 1.82) is 0 Å². The van der Waals surface area contributed by atoms with E-state index in [-0.39, 0.29) is 17.9 Å². The highest BCUT2D eigenvalue weighted by Gasteiger charge is 2.42. The summed E-state index contributed by atoms with van der Waals surface area (Å²) < 4.78 is 1.97. The predicted octanol–water partition coefficient (Wildman–Crippen LogP) is 1.90. The first-order valence-electron chi connectivity index (χ1n) is 9.53. The molecule has 136 valence electrons. The number of rotatable bonds is 5. The molecule has 7 nitrogen and oxygen atoms in total. The molecule has 26 heavy (non-hydrogen) atoms. The van der Waals surface area contributed by atoms with E-state index in [0.29, 0.717) is 18.4 Å². The lowest BCUT2D eigenvalue weighted by molar-refractivity contribution is -0.131. The number of carbonyl (C=O) groups excluding carboxylic acids is 1. The fourth-order valence-electron chi connectivity index (χ4n) is 3.83. The van der Waals surface area contributed by atoms with Gasteiger partial charge in [-0.2, -0.15) is 0 Å². The number of hydrogen-bond acceptors (Lipinski definition) is 5. The van der Waals surface area contributed by atoms with Gasteiger partial charge in [-0.05, 0) is 31.7 Å². The molecule has 2 aliphatic carbocycles. The third-order valence-electron chi connectivity index (χ3n) is 5.61. The van der Waals surface area contributed by atoms with E-state index in [9.17, 15) is 4.79 Å². The molecule has 3 heterocycles. The summed E-state index contributed by atoms with van der Waals surface area (Å²) in [5.41, 5.74) is 1.03. The van der Waals surface area contributed by atoms with Gasteiger partial charge in [-0.15, -0.1) is 0 Å². The predicted molar refractivity (Wildman–Crippen MR) is 96.7 cm³/mol. The minimum Gasteiger partial charge on any atom is -0.365 e. The van der Waals surface area contributed by atoms with Crippen LogP contribution in [0.3, 0.4) is 0 Å². The smallest absolute Gasteiger partial charge is 0.225 e. The monoisotopic (exact) mass is 352 g/mol. The number of aromatic nitrogens is 4. The van der Waals surface area contributed by atoms with Gasteiger partial charge in [0.1, 0.15) is 11.6 Å². The first-order chi connectivity index (χ1) is 12.7. The Morgan fingerprint density at radius 1 is 1.19 bits per heavy atom. The molecule has 2 aromatic heterocycles. The highest BCUT2D eigenvalue weighted by Crippen LogP contribution is 2.39. The molecule has 0 radical (unpaired) electrons. The first-order valence-corrected chi connectivity index (χ1v) is 9.53. The first kappa shape index (κ1) is 15.8. The highest BCUT2D eigenvalue weighted by atomic mass is 16.2. The second-order valence-corrected chi connectivity index (χ2v) is 7.91. The van der Waals surface area contributed by atoms with Crippen LogP contribution < -0.4 is 5.32 Å². The van der Waals surface area contributed by atoms with E-state index in [0.717, 1.165) is 36.7 Å². The Morgan fingerprint density at radius 2 is 2.04 bits per heavy atom. The third-order valence-corrected chi connectivity index (χ3v) is 5.61. The van der Waals surface area contributed by atoms with Crippen LogP contribution in [0.5, 0.6) is 0 Å². The van der Waals surface area contributed by atoms with Gasteiger partial charge in [0.15, 0.2) is 0 Å². The summed E-state index contributed by atoms with van der Waals surface area (Å²) in [6.07, 6.45) is 10.2. The quantitative estimate of drug-likeness (QED) is 0.889. The summed E-state index contributed by atoms with van der Waals surface area (Å²) in [5, 5.41) is 3.57. The van der Waals surface area contributed by atoms with E-state index in [2.05, 4.69) is 21.5 Å². The van der Waals surface area contributed by atoms with Gasteiger partial charge >= 0.3 is 0 Å². The second kappa shape index (κ2) is 6.07. The topological polar surface area (TPSA) is 75.9 Å². The van der Waals surface area contributed by atoms with Gasteiger partial charge in [0.05, 0.1) is 18.1 Å². The number of likely N-dealkylation sites (tertiary alicyclic amines) is 1. The molecule has 1 saturated heterocycles. The summed E-state index contributed by atoms with van der Waals surface area (Å²) in [5.74, 6) is 3.05. The fourth-order valence-corrected chi connectivity index (χ4v) is 3.83.